The lowest BCUT2D eigenvalue weighted by molar-refractivity contribution is -0.166. The summed E-state index contributed by atoms with van der Waals surface area (Å²) >= 11 is 0. The van der Waals surface area contributed by atoms with Crippen molar-refractivity contribution >= 4 is 0 Å². The van der Waals surface area contributed by atoms with Crippen LogP contribution in [0, 0.1) is 6.92 Å². The van der Waals surface area contributed by atoms with Crippen molar-refractivity contribution < 1.29 is 14.6 Å². The van der Waals surface area contributed by atoms with Crippen molar-refractivity contribution in [1.82, 2.24) is 14.9 Å². The fourth-order valence-corrected chi connectivity index (χ4v) is 3.97. The molecule has 3 heterocycles. The van der Waals surface area contributed by atoms with Crippen molar-refractivity contribution in [2.75, 3.05) is 6.61 Å². The second kappa shape index (κ2) is 5.35. The van der Waals surface area contributed by atoms with Crippen LogP contribution in [0.5, 0.6) is 0 Å². The maximum absolute atomic E-state index is 10.9. The van der Waals surface area contributed by atoms with Crippen molar-refractivity contribution in [2.45, 2.75) is 69.2 Å². The molecule has 0 unspecified atom stereocenters. The van der Waals surface area contributed by atoms with Crippen molar-refractivity contribution in [2.24, 2.45) is 0 Å². The molecule has 0 aromatic carbocycles. The van der Waals surface area contributed by atoms with E-state index in [1.54, 1.807) is 6.20 Å². The van der Waals surface area contributed by atoms with Crippen molar-refractivity contribution in [3.63, 3.8) is 0 Å². The predicted octanol–water partition coefficient (Wildman–Crippen LogP) is 0.749. The third-order valence-electron chi connectivity index (χ3n) is 5.10. The zero-order chi connectivity index (χ0) is 14.4. The molecule has 1 aromatic heterocycles. The quantitative estimate of drug-likeness (QED) is 0.861. The summed E-state index contributed by atoms with van der Waals surface area (Å²) in [6.45, 7) is 2.49. The van der Waals surface area contributed by atoms with Crippen LogP contribution >= 0.6 is 0 Å². The van der Waals surface area contributed by atoms with Gasteiger partial charge in [0.05, 0.1) is 18.8 Å². The Morgan fingerprint density at radius 2 is 2.19 bits per heavy atom. The van der Waals surface area contributed by atoms with Gasteiger partial charge in [0.2, 0.25) is 0 Å². The van der Waals surface area contributed by atoms with Crippen molar-refractivity contribution in [3.8, 4) is 0 Å². The summed E-state index contributed by atoms with van der Waals surface area (Å²) in [7, 11) is 0. The first-order valence-corrected chi connectivity index (χ1v) is 7.94. The van der Waals surface area contributed by atoms with E-state index in [4.69, 9.17) is 9.47 Å². The number of aryl methyl sites for hydroxylation is 1. The molecule has 1 aliphatic carbocycles. The molecule has 1 aromatic rings. The van der Waals surface area contributed by atoms with Crippen LogP contribution < -0.4 is 5.32 Å². The van der Waals surface area contributed by atoms with E-state index < -0.39 is 6.10 Å². The summed E-state index contributed by atoms with van der Waals surface area (Å²) in [6.07, 6.45) is 7.62. The van der Waals surface area contributed by atoms with E-state index in [0.717, 1.165) is 5.82 Å². The van der Waals surface area contributed by atoms with Crippen LogP contribution in [0.2, 0.25) is 0 Å². The lowest BCUT2D eigenvalue weighted by atomic mass is 9.94. The molecular weight excluding hydrogens is 270 g/mol. The number of rotatable bonds is 3. The highest BCUT2D eigenvalue weighted by Gasteiger charge is 2.51. The first-order valence-electron chi connectivity index (χ1n) is 7.94. The Balaban J connectivity index is 1.58. The van der Waals surface area contributed by atoms with Crippen LogP contribution in [0.3, 0.4) is 0 Å². The van der Waals surface area contributed by atoms with Gasteiger partial charge in [-0.2, -0.15) is 0 Å². The zero-order valence-electron chi connectivity index (χ0n) is 12.3. The number of nitrogens with one attached hydrogen (secondary N) is 1. The molecule has 6 nitrogen and oxygen atoms in total. The molecule has 3 fully saturated rings. The Morgan fingerprint density at radius 1 is 1.38 bits per heavy atom. The summed E-state index contributed by atoms with van der Waals surface area (Å²) in [6, 6.07) is 0.193. The van der Waals surface area contributed by atoms with E-state index in [-0.39, 0.29) is 24.5 Å². The molecule has 6 heteroatoms. The van der Waals surface area contributed by atoms with Crippen molar-refractivity contribution in [1.29, 1.82) is 0 Å². The highest BCUT2D eigenvalue weighted by molar-refractivity contribution is 5.05. The summed E-state index contributed by atoms with van der Waals surface area (Å²) in [5.74, 6) is 0.871. The third-order valence-corrected chi connectivity index (χ3v) is 5.10. The van der Waals surface area contributed by atoms with Crippen LogP contribution in [-0.2, 0) is 9.47 Å². The minimum Gasteiger partial charge on any atom is -0.389 e. The van der Waals surface area contributed by atoms with Gasteiger partial charge in [-0.1, -0.05) is 12.8 Å². The molecule has 2 saturated heterocycles. The van der Waals surface area contributed by atoms with E-state index in [9.17, 15) is 5.11 Å². The van der Waals surface area contributed by atoms with E-state index in [1.807, 2.05) is 17.7 Å². The second-order valence-electron chi connectivity index (χ2n) is 6.41. The van der Waals surface area contributed by atoms with Gasteiger partial charge in [-0.15, -0.1) is 0 Å². The number of hydrogen-bond donors (Lipinski definition) is 2. The standard InChI is InChI=1S/C15H23N3O3/c1-9-16-6-7-18(9)13-14(19)12(11-8-20-15(13)21-11)17-10-4-2-3-5-10/h6-7,10-15,17,19H,2-5,8H2,1H3/t11-,12-,13-,14+,15-/m1/s1. The van der Waals surface area contributed by atoms with Crippen LogP contribution in [0.15, 0.2) is 12.4 Å². The number of nitrogens with zero attached hydrogens (tertiary/aromatic N) is 2. The SMILES string of the molecule is Cc1nccn1[C@H]1[C@@H]2OC[C@@H](O2)[C@@H](NC2CCCC2)[C@@H]1O. The highest BCUT2D eigenvalue weighted by atomic mass is 16.7. The summed E-state index contributed by atoms with van der Waals surface area (Å²) < 4.78 is 13.7. The average Bonchev–Trinajstić information content (AvgIpc) is 3.18. The van der Waals surface area contributed by atoms with E-state index >= 15 is 0 Å². The number of ether oxygens (including phenoxy) is 2. The largest absolute Gasteiger partial charge is 0.389 e. The van der Waals surface area contributed by atoms with E-state index in [0.29, 0.717) is 12.6 Å². The van der Waals surface area contributed by atoms with Gasteiger partial charge >= 0.3 is 0 Å². The fourth-order valence-electron chi connectivity index (χ4n) is 3.97. The lowest BCUT2D eigenvalue weighted by Gasteiger charge is -2.40. The summed E-state index contributed by atoms with van der Waals surface area (Å²) in [5.41, 5.74) is 0. The molecule has 3 aliphatic rings. The van der Waals surface area contributed by atoms with Crippen LogP contribution in [0.4, 0.5) is 0 Å². The van der Waals surface area contributed by atoms with Gasteiger partial charge in [0.1, 0.15) is 18.0 Å². The Kier molecular flexibility index (Phi) is 3.49. The van der Waals surface area contributed by atoms with Gasteiger partial charge in [0.15, 0.2) is 6.29 Å². The number of imidazole rings is 1. The maximum Gasteiger partial charge on any atom is 0.181 e. The monoisotopic (exact) mass is 293 g/mol. The molecule has 5 atom stereocenters. The number of aliphatic hydroxyl groups excluding tert-OH is 1. The number of hydrogen-bond acceptors (Lipinski definition) is 5. The van der Waals surface area contributed by atoms with Gasteiger partial charge in [0.25, 0.3) is 0 Å². The van der Waals surface area contributed by atoms with Gasteiger partial charge in [-0.25, -0.2) is 4.98 Å². The average molecular weight is 293 g/mol. The van der Waals surface area contributed by atoms with Gasteiger partial charge in [-0.3, -0.25) is 0 Å². The Labute approximate surface area is 124 Å². The van der Waals surface area contributed by atoms with Crippen LogP contribution in [-0.4, -0.2) is 51.8 Å². The molecule has 1 saturated carbocycles. The Bertz CT molecular complexity index is 500. The molecule has 0 radical (unpaired) electrons. The molecule has 2 N–H and O–H groups in total. The number of aliphatic hydroxyl groups is 1. The molecule has 2 bridgehead atoms. The summed E-state index contributed by atoms with van der Waals surface area (Å²) in [4.78, 5) is 4.26. The first-order chi connectivity index (χ1) is 10.2. The van der Waals surface area contributed by atoms with Gasteiger partial charge < -0.3 is 24.5 Å². The number of aromatic nitrogens is 2. The predicted molar refractivity (Wildman–Crippen MR) is 75.8 cm³/mol. The van der Waals surface area contributed by atoms with Crippen molar-refractivity contribution in [3.05, 3.63) is 18.2 Å². The van der Waals surface area contributed by atoms with Crippen LogP contribution in [0.25, 0.3) is 0 Å². The smallest absolute Gasteiger partial charge is 0.181 e. The number of fused-ring (bicyclic) bond motifs is 2. The molecule has 0 spiro atoms. The fraction of sp³-hybridized carbons (Fsp3) is 0.800. The Hall–Kier alpha value is -0.950. The molecular formula is C15H23N3O3. The van der Waals surface area contributed by atoms with E-state index in [2.05, 4.69) is 10.3 Å². The van der Waals surface area contributed by atoms with Gasteiger partial charge in [0, 0.05) is 18.4 Å². The first kappa shape index (κ1) is 13.7. The van der Waals surface area contributed by atoms with Gasteiger partial charge in [-0.05, 0) is 19.8 Å². The summed E-state index contributed by atoms with van der Waals surface area (Å²) in [5, 5.41) is 14.5. The minimum absolute atomic E-state index is 0.0503. The second-order valence-corrected chi connectivity index (χ2v) is 6.41. The normalized spacial score (nSPS) is 40.0. The maximum atomic E-state index is 10.9. The van der Waals surface area contributed by atoms with Crippen LogP contribution in [0.1, 0.15) is 37.5 Å². The lowest BCUT2D eigenvalue weighted by Crippen LogP contribution is -2.59. The molecule has 21 heavy (non-hydrogen) atoms. The topological polar surface area (TPSA) is 68.5 Å². The molecule has 2 aliphatic heterocycles. The molecule has 116 valence electrons. The zero-order valence-corrected chi connectivity index (χ0v) is 12.3. The minimum atomic E-state index is -0.523. The highest BCUT2D eigenvalue weighted by Crippen LogP contribution is 2.37. The van der Waals surface area contributed by atoms with E-state index in [1.165, 1.54) is 25.7 Å². The molecule has 0 amide bonds. The third kappa shape index (κ3) is 2.30. The Morgan fingerprint density at radius 3 is 2.90 bits per heavy atom. The molecule has 4 rings (SSSR count).